The molecule has 0 aliphatic carbocycles. The van der Waals surface area contributed by atoms with Crippen LogP contribution >= 0.6 is 0 Å². The minimum Gasteiger partial charge on any atom is -0.383 e. The van der Waals surface area contributed by atoms with Crippen molar-refractivity contribution in [3.8, 4) is 6.07 Å². The summed E-state index contributed by atoms with van der Waals surface area (Å²) in [6.45, 7) is 3.18. The van der Waals surface area contributed by atoms with Crippen molar-refractivity contribution in [1.29, 1.82) is 5.26 Å². The molecule has 0 amide bonds. The second-order valence-corrected chi connectivity index (χ2v) is 4.93. The first-order valence-electron chi connectivity index (χ1n) is 7.46. The number of anilines is 1. The zero-order chi connectivity index (χ0) is 13.8. The number of pyridine rings is 1. The average Bonchev–Trinajstić information content (AvgIpc) is 2.46. The Morgan fingerprint density at radius 3 is 2.47 bits per heavy atom. The van der Waals surface area contributed by atoms with Crippen LogP contribution in [0.4, 0.5) is 5.69 Å². The summed E-state index contributed by atoms with van der Waals surface area (Å²) in [5, 5.41) is 12.2. The van der Waals surface area contributed by atoms with E-state index in [4.69, 9.17) is 5.26 Å². The summed E-state index contributed by atoms with van der Waals surface area (Å²) in [5.41, 5.74) is 1.53. The summed E-state index contributed by atoms with van der Waals surface area (Å²) in [6, 6.07) is 3.92. The van der Waals surface area contributed by atoms with E-state index in [1.54, 1.807) is 18.5 Å². The van der Waals surface area contributed by atoms with E-state index in [9.17, 15) is 0 Å². The molecule has 19 heavy (non-hydrogen) atoms. The van der Waals surface area contributed by atoms with Crippen LogP contribution in [0.1, 0.15) is 63.9 Å². The van der Waals surface area contributed by atoms with Crippen molar-refractivity contribution >= 4 is 5.69 Å². The van der Waals surface area contributed by atoms with Crippen molar-refractivity contribution in [2.45, 2.75) is 58.3 Å². The lowest BCUT2D eigenvalue weighted by Gasteiger charge is -2.07. The average molecular weight is 259 g/mol. The standard InChI is InChI=1S/C16H25N3/c1-2-3-4-5-6-7-8-9-11-19-16-14-18-12-10-15(16)13-17/h10,12,14,19H,2-9,11H2,1H3. The van der Waals surface area contributed by atoms with Gasteiger partial charge in [0.15, 0.2) is 0 Å². The first-order valence-corrected chi connectivity index (χ1v) is 7.46. The van der Waals surface area contributed by atoms with Crippen LogP contribution < -0.4 is 5.32 Å². The van der Waals surface area contributed by atoms with Gasteiger partial charge >= 0.3 is 0 Å². The molecule has 1 rings (SSSR count). The van der Waals surface area contributed by atoms with E-state index < -0.39 is 0 Å². The number of nitrogens with zero attached hydrogens (tertiary/aromatic N) is 2. The van der Waals surface area contributed by atoms with E-state index in [0.717, 1.165) is 18.7 Å². The molecule has 0 spiro atoms. The van der Waals surface area contributed by atoms with Gasteiger partial charge in [-0.25, -0.2) is 0 Å². The highest BCUT2D eigenvalue weighted by Gasteiger charge is 1.99. The second-order valence-electron chi connectivity index (χ2n) is 4.93. The van der Waals surface area contributed by atoms with E-state index >= 15 is 0 Å². The lowest BCUT2D eigenvalue weighted by atomic mass is 10.1. The van der Waals surface area contributed by atoms with E-state index in [-0.39, 0.29) is 0 Å². The minimum atomic E-state index is 0.676. The number of unbranched alkanes of at least 4 members (excludes halogenated alkanes) is 7. The van der Waals surface area contributed by atoms with Crippen molar-refractivity contribution in [3.63, 3.8) is 0 Å². The molecule has 0 unspecified atom stereocenters. The summed E-state index contributed by atoms with van der Waals surface area (Å²) in [4.78, 5) is 4.04. The topological polar surface area (TPSA) is 48.7 Å². The number of hydrogen-bond donors (Lipinski definition) is 1. The molecule has 1 N–H and O–H groups in total. The SMILES string of the molecule is CCCCCCCCCCNc1cnccc1C#N. The van der Waals surface area contributed by atoms with Gasteiger partial charge < -0.3 is 5.32 Å². The number of nitrogens with one attached hydrogen (secondary N) is 1. The quantitative estimate of drug-likeness (QED) is 0.629. The fraction of sp³-hybridized carbons (Fsp3) is 0.625. The molecule has 1 aromatic heterocycles. The molecule has 0 saturated carbocycles. The van der Waals surface area contributed by atoms with E-state index in [1.165, 1.54) is 44.9 Å². The van der Waals surface area contributed by atoms with Crippen LogP contribution in [0.3, 0.4) is 0 Å². The van der Waals surface area contributed by atoms with Gasteiger partial charge in [-0.1, -0.05) is 51.9 Å². The van der Waals surface area contributed by atoms with Gasteiger partial charge in [-0.2, -0.15) is 5.26 Å². The van der Waals surface area contributed by atoms with Crippen LogP contribution in [0, 0.1) is 11.3 Å². The molecule has 1 heterocycles. The summed E-state index contributed by atoms with van der Waals surface area (Å²) in [7, 11) is 0. The largest absolute Gasteiger partial charge is 0.383 e. The molecule has 0 aliphatic rings. The molecule has 3 nitrogen and oxygen atoms in total. The Balaban J connectivity index is 2.03. The van der Waals surface area contributed by atoms with Gasteiger partial charge in [0.05, 0.1) is 17.4 Å². The summed E-state index contributed by atoms with van der Waals surface area (Å²) in [6.07, 6.45) is 13.9. The van der Waals surface area contributed by atoms with Gasteiger partial charge in [-0.3, -0.25) is 4.98 Å². The highest BCUT2D eigenvalue weighted by atomic mass is 14.9. The van der Waals surface area contributed by atoms with Gasteiger partial charge in [0.1, 0.15) is 6.07 Å². The van der Waals surface area contributed by atoms with Crippen molar-refractivity contribution < 1.29 is 0 Å². The Bertz CT molecular complexity index is 382. The first-order chi connectivity index (χ1) is 9.38. The normalized spacial score (nSPS) is 10.1. The molecule has 0 fully saturated rings. The Labute approximate surface area is 117 Å². The van der Waals surface area contributed by atoms with Gasteiger partial charge in [-0.05, 0) is 12.5 Å². The van der Waals surface area contributed by atoms with Crippen molar-refractivity contribution in [2.75, 3.05) is 11.9 Å². The molecule has 0 bridgehead atoms. The zero-order valence-corrected chi connectivity index (χ0v) is 12.0. The second kappa shape index (κ2) is 10.4. The fourth-order valence-corrected chi connectivity index (χ4v) is 2.11. The van der Waals surface area contributed by atoms with Crippen LogP contribution in [-0.2, 0) is 0 Å². The molecule has 0 saturated heterocycles. The predicted molar refractivity (Wildman–Crippen MR) is 80.1 cm³/mol. The van der Waals surface area contributed by atoms with Crippen LogP contribution in [0.5, 0.6) is 0 Å². The van der Waals surface area contributed by atoms with Crippen LogP contribution in [0.15, 0.2) is 18.5 Å². The molecule has 0 atom stereocenters. The predicted octanol–water partition coefficient (Wildman–Crippen LogP) is 4.51. The van der Waals surface area contributed by atoms with E-state index in [0.29, 0.717) is 5.56 Å². The van der Waals surface area contributed by atoms with Crippen molar-refractivity contribution in [2.24, 2.45) is 0 Å². The molecule has 0 aliphatic heterocycles. The molecule has 0 radical (unpaired) electrons. The number of aromatic nitrogens is 1. The Morgan fingerprint density at radius 1 is 1.11 bits per heavy atom. The number of rotatable bonds is 10. The number of nitriles is 1. The van der Waals surface area contributed by atoms with Crippen LogP contribution in [0.25, 0.3) is 0 Å². The van der Waals surface area contributed by atoms with Crippen molar-refractivity contribution in [1.82, 2.24) is 4.98 Å². The zero-order valence-electron chi connectivity index (χ0n) is 12.0. The summed E-state index contributed by atoms with van der Waals surface area (Å²) >= 11 is 0. The lowest BCUT2D eigenvalue weighted by Crippen LogP contribution is -2.03. The molecular weight excluding hydrogens is 234 g/mol. The number of hydrogen-bond acceptors (Lipinski definition) is 3. The maximum atomic E-state index is 8.94. The highest BCUT2D eigenvalue weighted by molar-refractivity contribution is 5.55. The third-order valence-electron chi connectivity index (χ3n) is 3.29. The monoisotopic (exact) mass is 259 g/mol. The molecule has 3 heteroatoms. The maximum absolute atomic E-state index is 8.94. The Morgan fingerprint density at radius 2 is 1.79 bits per heavy atom. The van der Waals surface area contributed by atoms with Gasteiger partial charge in [0.2, 0.25) is 0 Å². The van der Waals surface area contributed by atoms with E-state index in [2.05, 4.69) is 23.3 Å². The summed E-state index contributed by atoms with van der Waals surface area (Å²) < 4.78 is 0. The van der Waals surface area contributed by atoms with Gasteiger partial charge in [0.25, 0.3) is 0 Å². The minimum absolute atomic E-state index is 0.676. The molecule has 0 aromatic carbocycles. The molecule has 1 aromatic rings. The highest BCUT2D eigenvalue weighted by Crippen LogP contribution is 2.12. The smallest absolute Gasteiger partial charge is 0.101 e. The maximum Gasteiger partial charge on any atom is 0.101 e. The van der Waals surface area contributed by atoms with Gasteiger partial charge in [0, 0.05) is 12.7 Å². The third kappa shape index (κ3) is 6.81. The Kier molecular flexibility index (Phi) is 8.46. The molecule has 104 valence electrons. The lowest BCUT2D eigenvalue weighted by molar-refractivity contribution is 0.581. The molecular formula is C16H25N3. The van der Waals surface area contributed by atoms with E-state index in [1.807, 2.05) is 0 Å². The summed E-state index contributed by atoms with van der Waals surface area (Å²) in [5.74, 6) is 0. The first kappa shape index (κ1) is 15.5. The third-order valence-corrected chi connectivity index (χ3v) is 3.29. The van der Waals surface area contributed by atoms with Crippen LogP contribution in [0.2, 0.25) is 0 Å². The van der Waals surface area contributed by atoms with Crippen molar-refractivity contribution in [3.05, 3.63) is 24.0 Å². The fourth-order valence-electron chi connectivity index (χ4n) is 2.11. The van der Waals surface area contributed by atoms with Crippen LogP contribution in [-0.4, -0.2) is 11.5 Å². The Hall–Kier alpha value is -1.56. The van der Waals surface area contributed by atoms with Gasteiger partial charge in [-0.15, -0.1) is 0 Å².